The summed E-state index contributed by atoms with van der Waals surface area (Å²) in [5.74, 6) is -2.13. The normalized spacial score (nSPS) is 35.8. The minimum absolute atomic E-state index is 0.280. The van der Waals surface area contributed by atoms with E-state index in [4.69, 9.17) is 5.73 Å². The van der Waals surface area contributed by atoms with Crippen molar-refractivity contribution >= 4 is 23.6 Å². The summed E-state index contributed by atoms with van der Waals surface area (Å²) in [6, 6.07) is 9.77. The van der Waals surface area contributed by atoms with Crippen LogP contribution in [0.3, 0.4) is 0 Å². The minimum Gasteiger partial charge on any atom is -0.478 e. The van der Waals surface area contributed by atoms with Crippen LogP contribution in [0.25, 0.3) is 0 Å². The number of carbonyl (C=O) groups is 2. The number of rotatable bonds is 5. The van der Waals surface area contributed by atoms with Crippen LogP contribution in [0.4, 0.5) is 0 Å². The van der Waals surface area contributed by atoms with Gasteiger partial charge in [0.1, 0.15) is 0 Å². The van der Waals surface area contributed by atoms with E-state index in [2.05, 4.69) is 0 Å². The third-order valence-corrected chi connectivity index (χ3v) is 6.79. The number of amides is 1. The molecule has 4 N–H and O–H groups in total. The predicted octanol–water partition coefficient (Wildman–Crippen LogP) is 0.641. The first-order valence-electron chi connectivity index (χ1n) is 7.53. The summed E-state index contributed by atoms with van der Waals surface area (Å²) >= 11 is 1.39. The maximum absolute atomic E-state index is 12.2. The Balaban J connectivity index is 1.87. The Labute approximate surface area is 138 Å². The van der Waals surface area contributed by atoms with Crippen molar-refractivity contribution in [3.05, 3.63) is 35.9 Å². The standard InChI is InChI=1S/C16H20N2O4S/c1-15(8-7-10-5-3-2-4-6-10)16(17,14(21)22)18-12(20)11(9-19)13(18)23-15/h2-6,11,13,19H,7-9,17H2,1H3,(H,21,22)/t11-,13-,15?,16+/m1/s1. The quantitative estimate of drug-likeness (QED) is 0.682. The SMILES string of the molecule is CC1(CCc2ccccc2)S[C@@H]2[C@H](CO)C(=O)N2[C@@]1(N)C(=O)O. The van der Waals surface area contributed by atoms with Gasteiger partial charge in [-0.2, -0.15) is 0 Å². The molecule has 0 radical (unpaired) electrons. The smallest absolute Gasteiger partial charge is 0.346 e. The second kappa shape index (κ2) is 5.51. The monoisotopic (exact) mass is 336 g/mol. The van der Waals surface area contributed by atoms with E-state index in [1.54, 1.807) is 6.92 Å². The number of nitrogens with two attached hydrogens (primary N) is 1. The van der Waals surface area contributed by atoms with Crippen LogP contribution in [-0.2, 0) is 16.0 Å². The molecular formula is C16H20N2O4S. The van der Waals surface area contributed by atoms with Crippen molar-refractivity contribution in [1.82, 2.24) is 4.90 Å². The highest BCUT2D eigenvalue weighted by Crippen LogP contribution is 2.58. The van der Waals surface area contributed by atoms with Gasteiger partial charge in [0.05, 0.1) is 22.6 Å². The summed E-state index contributed by atoms with van der Waals surface area (Å²) in [7, 11) is 0. The number of fused-ring (bicyclic) bond motifs is 1. The molecule has 4 atom stereocenters. The van der Waals surface area contributed by atoms with Crippen molar-refractivity contribution in [3.63, 3.8) is 0 Å². The number of carboxylic acids is 1. The molecule has 1 aromatic rings. The number of hydrogen-bond acceptors (Lipinski definition) is 5. The molecule has 1 amide bonds. The summed E-state index contributed by atoms with van der Waals surface area (Å²) in [5, 5.41) is 18.7. The lowest BCUT2D eigenvalue weighted by atomic mass is 9.83. The van der Waals surface area contributed by atoms with Crippen LogP contribution in [0.1, 0.15) is 18.9 Å². The van der Waals surface area contributed by atoms with Crippen LogP contribution < -0.4 is 5.73 Å². The van der Waals surface area contributed by atoms with Gasteiger partial charge in [0, 0.05) is 0 Å². The fraction of sp³-hybridized carbons (Fsp3) is 0.500. The van der Waals surface area contributed by atoms with Crippen molar-refractivity contribution in [1.29, 1.82) is 0 Å². The maximum Gasteiger partial charge on any atom is 0.346 e. The highest BCUT2D eigenvalue weighted by Gasteiger charge is 2.72. The number of aliphatic hydroxyl groups is 1. The number of hydrogen-bond donors (Lipinski definition) is 3. The Morgan fingerprint density at radius 1 is 1.39 bits per heavy atom. The zero-order valence-electron chi connectivity index (χ0n) is 12.8. The molecule has 1 unspecified atom stereocenters. The zero-order valence-corrected chi connectivity index (χ0v) is 13.6. The van der Waals surface area contributed by atoms with Crippen molar-refractivity contribution in [2.24, 2.45) is 11.7 Å². The van der Waals surface area contributed by atoms with Gasteiger partial charge in [-0.15, -0.1) is 11.8 Å². The molecule has 2 saturated heterocycles. The van der Waals surface area contributed by atoms with E-state index < -0.39 is 22.3 Å². The van der Waals surface area contributed by atoms with Gasteiger partial charge in [0.25, 0.3) is 0 Å². The zero-order chi connectivity index (χ0) is 16.8. The molecule has 0 aliphatic carbocycles. The third-order valence-electron chi connectivity index (χ3n) is 4.98. The van der Waals surface area contributed by atoms with E-state index in [1.165, 1.54) is 16.7 Å². The molecule has 7 heteroatoms. The first-order valence-corrected chi connectivity index (χ1v) is 8.41. The highest BCUT2D eigenvalue weighted by atomic mass is 32.2. The van der Waals surface area contributed by atoms with E-state index >= 15 is 0 Å². The van der Waals surface area contributed by atoms with Gasteiger partial charge in [-0.05, 0) is 25.3 Å². The molecule has 2 fully saturated rings. The van der Waals surface area contributed by atoms with Gasteiger partial charge in [-0.1, -0.05) is 30.3 Å². The molecule has 124 valence electrons. The lowest BCUT2D eigenvalue weighted by molar-refractivity contribution is -0.176. The van der Waals surface area contributed by atoms with E-state index in [-0.39, 0.29) is 17.9 Å². The molecule has 0 saturated carbocycles. The van der Waals surface area contributed by atoms with Crippen molar-refractivity contribution in [2.75, 3.05) is 6.61 Å². The molecular weight excluding hydrogens is 316 g/mol. The highest BCUT2D eigenvalue weighted by molar-refractivity contribution is 8.01. The topological polar surface area (TPSA) is 104 Å². The van der Waals surface area contributed by atoms with E-state index in [0.29, 0.717) is 12.8 Å². The van der Waals surface area contributed by atoms with Crippen LogP contribution in [-0.4, -0.2) is 49.4 Å². The van der Waals surface area contributed by atoms with Crippen molar-refractivity contribution in [3.8, 4) is 0 Å². The Hall–Kier alpha value is -1.57. The molecule has 6 nitrogen and oxygen atoms in total. The van der Waals surface area contributed by atoms with Crippen LogP contribution in [0.15, 0.2) is 30.3 Å². The van der Waals surface area contributed by atoms with Crippen molar-refractivity contribution in [2.45, 2.75) is 35.5 Å². The van der Waals surface area contributed by atoms with E-state index in [0.717, 1.165) is 5.56 Å². The first kappa shape index (κ1) is 16.3. The molecule has 3 rings (SSSR count). The van der Waals surface area contributed by atoms with Gasteiger partial charge in [0.15, 0.2) is 0 Å². The molecule has 1 aromatic carbocycles. The second-order valence-electron chi connectivity index (χ2n) is 6.29. The van der Waals surface area contributed by atoms with Gasteiger partial charge in [-0.3, -0.25) is 15.4 Å². The molecule has 0 aromatic heterocycles. The fourth-order valence-electron chi connectivity index (χ4n) is 3.42. The van der Waals surface area contributed by atoms with Crippen LogP contribution in [0.2, 0.25) is 0 Å². The summed E-state index contributed by atoms with van der Waals surface area (Å²) in [6.07, 6.45) is 1.21. The Morgan fingerprint density at radius 2 is 2.04 bits per heavy atom. The molecule has 2 aliphatic heterocycles. The lowest BCUT2D eigenvalue weighted by Gasteiger charge is -2.47. The van der Waals surface area contributed by atoms with Crippen LogP contribution in [0.5, 0.6) is 0 Å². The lowest BCUT2D eigenvalue weighted by Crippen LogP contribution is -2.75. The molecule has 2 heterocycles. The van der Waals surface area contributed by atoms with Crippen molar-refractivity contribution < 1.29 is 19.8 Å². The van der Waals surface area contributed by atoms with Gasteiger partial charge >= 0.3 is 5.97 Å². The van der Waals surface area contributed by atoms with Crippen LogP contribution >= 0.6 is 11.8 Å². The molecule has 2 aliphatic rings. The first-order chi connectivity index (χ1) is 10.8. The Morgan fingerprint density at radius 3 is 2.61 bits per heavy atom. The summed E-state index contributed by atoms with van der Waals surface area (Å²) < 4.78 is -0.821. The third kappa shape index (κ3) is 2.18. The van der Waals surface area contributed by atoms with Gasteiger partial charge in [-0.25, -0.2) is 4.79 Å². The molecule has 0 bridgehead atoms. The number of aliphatic carboxylic acids is 1. The summed E-state index contributed by atoms with van der Waals surface area (Å²) in [5.41, 5.74) is 5.59. The Kier molecular flexibility index (Phi) is 3.90. The minimum atomic E-state index is -1.75. The number of carboxylic acid groups (broad SMARTS) is 1. The number of benzene rings is 1. The summed E-state index contributed by atoms with van der Waals surface area (Å²) in [4.78, 5) is 25.3. The predicted molar refractivity (Wildman–Crippen MR) is 86.5 cm³/mol. The maximum atomic E-state index is 12.2. The van der Waals surface area contributed by atoms with Gasteiger partial charge in [0.2, 0.25) is 11.6 Å². The largest absolute Gasteiger partial charge is 0.478 e. The Bertz CT molecular complexity index is 640. The van der Waals surface area contributed by atoms with Crippen LogP contribution in [0, 0.1) is 5.92 Å². The number of β-lactam (4-membered cyclic amide) rings is 1. The number of aliphatic hydroxyl groups excluding tert-OH is 1. The van der Waals surface area contributed by atoms with Gasteiger partial charge < -0.3 is 10.2 Å². The molecule has 23 heavy (non-hydrogen) atoms. The number of nitrogens with zero attached hydrogens (tertiary/aromatic N) is 1. The summed E-state index contributed by atoms with van der Waals surface area (Å²) in [6.45, 7) is 1.52. The average Bonchev–Trinajstić information content (AvgIpc) is 2.74. The molecule has 0 spiro atoms. The second-order valence-corrected chi connectivity index (χ2v) is 7.91. The number of thioether (sulfide) groups is 1. The average molecular weight is 336 g/mol. The van der Waals surface area contributed by atoms with E-state index in [9.17, 15) is 19.8 Å². The number of aryl methyl sites for hydroxylation is 1. The number of carbonyl (C=O) groups excluding carboxylic acids is 1. The fourth-order valence-corrected chi connectivity index (χ4v) is 5.28. The van der Waals surface area contributed by atoms with E-state index in [1.807, 2.05) is 30.3 Å².